The highest BCUT2D eigenvalue weighted by atomic mass is 79.9. The number of carbonyl (C=O) groups excluding carboxylic acids is 1. The molecule has 2 N–H and O–H groups in total. The molecular formula is C12H8BrN3OS. The number of nitrogens with zero attached hydrogens (tertiary/aromatic N) is 1. The van der Waals surface area contributed by atoms with Gasteiger partial charge in [-0.3, -0.25) is 10.1 Å². The normalized spacial score (nSPS) is 10.7. The zero-order chi connectivity index (χ0) is 12.5. The first kappa shape index (κ1) is 11.4. The quantitative estimate of drug-likeness (QED) is 0.757. The Hall–Kier alpha value is -1.66. The van der Waals surface area contributed by atoms with Gasteiger partial charge in [-0.2, -0.15) is 0 Å². The molecule has 1 amide bonds. The van der Waals surface area contributed by atoms with Gasteiger partial charge >= 0.3 is 0 Å². The molecule has 0 unspecified atom stereocenters. The maximum Gasteiger partial charge on any atom is 0.258 e. The Morgan fingerprint density at radius 3 is 2.94 bits per heavy atom. The van der Waals surface area contributed by atoms with E-state index in [0.29, 0.717) is 11.5 Å². The fraction of sp³-hybridized carbons (Fsp3) is 0. The molecule has 1 aromatic carbocycles. The number of benzene rings is 1. The number of anilines is 1. The highest BCUT2D eigenvalue weighted by Crippen LogP contribution is 2.21. The molecule has 0 aliphatic rings. The molecule has 0 saturated carbocycles. The predicted octanol–water partition coefficient (Wildman–Crippen LogP) is 3.64. The molecule has 3 aromatic rings. The molecule has 2 heterocycles. The van der Waals surface area contributed by atoms with Crippen LogP contribution in [0.15, 0.2) is 39.5 Å². The molecule has 4 nitrogen and oxygen atoms in total. The van der Waals surface area contributed by atoms with E-state index in [4.69, 9.17) is 0 Å². The number of H-pyrrole nitrogens is 1. The van der Waals surface area contributed by atoms with Crippen LogP contribution in [0.1, 0.15) is 10.4 Å². The van der Waals surface area contributed by atoms with Crippen molar-refractivity contribution in [1.29, 1.82) is 0 Å². The number of thiophene rings is 1. The van der Waals surface area contributed by atoms with Crippen LogP contribution in [0.4, 0.5) is 5.95 Å². The Bertz CT molecular complexity index is 686. The average Bonchev–Trinajstić information content (AvgIpc) is 2.94. The van der Waals surface area contributed by atoms with E-state index in [-0.39, 0.29) is 5.91 Å². The van der Waals surface area contributed by atoms with Gasteiger partial charge in [0.05, 0.1) is 20.4 Å². The van der Waals surface area contributed by atoms with Crippen LogP contribution in [0.5, 0.6) is 0 Å². The molecule has 0 radical (unpaired) electrons. The summed E-state index contributed by atoms with van der Waals surface area (Å²) in [5, 5.41) is 4.53. The minimum atomic E-state index is -0.170. The molecule has 6 heteroatoms. The van der Waals surface area contributed by atoms with E-state index in [1.165, 1.54) is 11.3 Å². The second kappa shape index (κ2) is 4.55. The van der Waals surface area contributed by atoms with Crippen LogP contribution >= 0.6 is 27.3 Å². The summed E-state index contributed by atoms with van der Waals surface area (Å²) < 4.78 is 0.928. The summed E-state index contributed by atoms with van der Waals surface area (Å²) in [7, 11) is 0. The molecule has 18 heavy (non-hydrogen) atoms. The van der Waals surface area contributed by atoms with Gasteiger partial charge in [-0.1, -0.05) is 12.1 Å². The molecule has 0 atom stereocenters. The lowest BCUT2D eigenvalue weighted by molar-refractivity contribution is 0.102. The number of aromatic amines is 1. The van der Waals surface area contributed by atoms with Gasteiger partial charge in [0, 0.05) is 5.38 Å². The fourth-order valence-corrected chi connectivity index (χ4v) is 2.76. The van der Waals surface area contributed by atoms with Crippen LogP contribution < -0.4 is 5.32 Å². The van der Waals surface area contributed by atoms with Gasteiger partial charge in [0.1, 0.15) is 0 Å². The maximum absolute atomic E-state index is 11.9. The van der Waals surface area contributed by atoms with Crippen molar-refractivity contribution in [2.75, 3.05) is 5.32 Å². The van der Waals surface area contributed by atoms with Crippen molar-refractivity contribution in [2.24, 2.45) is 0 Å². The van der Waals surface area contributed by atoms with Crippen molar-refractivity contribution in [1.82, 2.24) is 9.97 Å². The molecule has 0 fully saturated rings. The van der Waals surface area contributed by atoms with E-state index < -0.39 is 0 Å². The molecular weight excluding hydrogens is 314 g/mol. The first-order chi connectivity index (χ1) is 8.72. The molecule has 0 aliphatic heterocycles. The van der Waals surface area contributed by atoms with E-state index in [1.807, 2.05) is 24.3 Å². The number of para-hydroxylation sites is 2. The maximum atomic E-state index is 11.9. The first-order valence-corrected chi connectivity index (χ1v) is 6.90. The number of halogens is 1. The highest BCUT2D eigenvalue weighted by molar-refractivity contribution is 9.11. The number of fused-ring (bicyclic) bond motifs is 1. The van der Waals surface area contributed by atoms with E-state index in [1.54, 1.807) is 11.4 Å². The predicted molar refractivity (Wildman–Crippen MR) is 76.1 cm³/mol. The lowest BCUT2D eigenvalue weighted by Crippen LogP contribution is -2.11. The monoisotopic (exact) mass is 321 g/mol. The van der Waals surface area contributed by atoms with Crippen LogP contribution in [0.2, 0.25) is 0 Å². The third kappa shape index (κ3) is 2.16. The van der Waals surface area contributed by atoms with Crippen LogP contribution in [0.3, 0.4) is 0 Å². The first-order valence-electron chi connectivity index (χ1n) is 5.22. The minimum absolute atomic E-state index is 0.170. The lowest BCUT2D eigenvalue weighted by Gasteiger charge is -1.97. The van der Waals surface area contributed by atoms with Crippen LogP contribution in [-0.4, -0.2) is 15.9 Å². The van der Waals surface area contributed by atoms with Crippen molar-refractivity contribution >= 4 is 50.2 Å². The molecule has 0 spiro atoms. The van der Waals surface area contributed by atoms with Gasteiger partial charge in [-0.15, -0.1) is 11.3 Å². The highest BCUT2D eigenvalue weighted by Gasteiger charge is 2.10. The van der Waals surface area contributed by atoms with Crippen LogP contribution in [0, 0.1) is 0 Å². The zero-order valence-electron chi connectivity index (χ0n) is 9.11. The summed E-state index contributed by atoms with van der Waals surface area (Å²) in [5.41, 5.74) is 2.35. The van der Waals surface area contributed by atoms with Gasteiger partial charge in [0.2, 0.25) is 5.95 Å². The third-order valence-electron chi connectivity index (χ3n) is 2.45. The SMILES string of the molecule is O=C(Nc1nc2ccccc2[nH]1)c1csc(Br)c1. The molecule has 90 valence electrons. The summed E-state index contributed by atoms with van der Waals surface area (Å²) in [4.78, 5) is 19.3. The second-order valence-corrected chi connectivity index (χ2v) is 5.99. The number of imidazole rings is 1. The number of hydrogen-bond acceptors (Lipinski definition) is 3. The standard InChI is InChI=1S/C12H8BrN3OS/c13-10-5-7(6-18-10)11(17)16-12-14-8-3-1-2-4-9(8)15-12/h1-6H,(H2,14,15,16,17). The number of carbonyl (C=O) groups is 1. The second-order valence-electron chi connectivity index (χ2n) is 3.70. The molecule has 0 aliphatic carbocycles. The number of hydrogen-bond donors (Lipinski definition) is 2. The number of nitrogens with one attached hydrogen (secondary N) is 2. The lowest BCUT2D eigenvalue weighted by atomic mass is 10.3. The van der Waals surface area contributed by atoms with Crippen molar-refractivity contribution in [3.05, 3.63) is 45.1 Å². The number of amides is 1. The zero-order valence-corrected chi connectivity index (χ0v) is 11.5. The summed E-state index contributed by atoms with van der Waals surface area (Å²) in [6.07, 6.45) is 0. The Balaban J connectivity index is 1.86. The topological polar surface area (TPSA) is 57.8 Å². The average molecular weight is 322 g/mol. The fourth-order valence-electron chi connectivity index (χ4n) is 1.62. The smallest absolute Gasteiger partial charge is 0.258 e. The summed E-state index contributed by atoms with van der Waals surface area (Å²) >= 11 is 4.80. The van der Waals surface area contributed by atoms with Gasteiger partial charge in [-0.05, 0) is 34.1 Å². The van der Waals surface area contributed by atoms with E-state index in [2.05, 4.69) is 31.2 Å². The summed E-state index contributed by atoms with van der Waals surface area (Å²) in [6, 6.07) is 9.41. The summed E-state index contributed by atoms with van der Waals surface area (Å²) in [5.74, 6) is 0.291. The molecule has 2 aromatic heterocycles. The van der Waals surface area contributed by atoms with Gasteiger partial charge in [0.15, 0.2) is 0 Å². The largest absolute Gasteiger partial charge is 0.324 e. The van der Waals surface area contributed by atoms with Crippen molar-refractivity contribution in [3.8, 4) is 0 Å². The van der Waals surface area contributed by atoms with Crippen LogP contribution in [-0.2, 0) is 0 Å². The summed E-state index contributed by atoms with van der Waals surface area (Å²) in [6.45, 7) is 0. The van der Waals surface area contributed by atoms with Gasteiger partial charge in [-0.25, -0.2) is 4.98 Å². The minimum Gasteiger partial charge on any atom is -0.324 e. The molecule has 0 bridgehead atoms. The van der Waals surface area contributed by atoms with Crippen molar-refractivity contribution < 1.29 is 4.79 Å². The van der Waals surface area contributed by atoms with Crippen molar-refractivity contribution in [3.63, 3.8) is 0 Å². The Kier molecular flexibility index (Phi) is 2.89. The van der Waals surface area contributed by atoms with Crippen LogP contribution in [0.25, 0.3) is 11.0 Å². The molecule has 0 saturated heterocycles. The van der Waals surface area contributed by atoms with Gasteiger partial charge in [0.25, 0.3) is 5.91 Å². The Morgan fingerprint density at radius 2 is 2.22 bits per heavy atom. The number of aromatic nitrogens is 2. The van der Waals surface area contributed by atoms with E-state index in [0.717, 1.165) is 14.8 Å². The Labute approximate surface area is 115 Å². The molecule has 3 rings (SSSR count). The third-order valence-corrected chi connectivity index (χ3v) is 3.96. The van der Waals surface area contributed by atoms with Crippen molar-refractivity contribution in [2.45, 2.75) is 0 Å². The van der Waals surface area contributed by atoms with Gasteiger partial charge < -0.3 is 4.98 Å². The number of rotatable bonds is 2. The van der Waals surface area contributed by atoms with E-state index >= 15 is 0 Å². The Morgan fingerprint density at radius 1 is 1.39 bits per heavy atom. The van der Waals surface area contributed by atoms with E-state index in [9.17, 15) is 4.79 Å².